The Labute approximate surface area is 105 Å². The molecule has 1 saturated heterocycles. The minimum atomic E-state index is -0.134. The Balaban J connectivity index is 1.73. The second-order valence-electron chi connectivity index (χ2n) is 5.67. The van der Waals surface area contributed by atoms with Gasteiger partial charge in [-0.05, 0) is 18.8 Å². The Morgan fingerprint density at radius 2 is 2.12 bits per heavy atom. The second-order valence-corrected chi connectivity index (χ2v) is 5.67. The molecule has 2 rings (SSSR count). The van der Waals surface area contributed by atoms with Gasteiger partial charge in [0.25, 0.3) is 0 Å². The first-order chi connectivity index (χ1) is 8.29. The predicted molar refractivity (Wildman–Crippen MR) is 69.1 cm³/mol. The molecule has 0 aromatic heterocycles. The maximum absolute atomic E-state index is 10.2. The summed E-state index contributed by atoms with van der Waals surface area (Å²) in [6.07, 6.45) is 7.39. The molecular weight excluding hydrogens is 214 g/mol. The van der Waals surface area contributed by atoms with Crippen molar-refractivity contribution in [3.8, 4) is 0 Å². The highest BCUT2D eigenvalue weighted by Crippen LogP contribution is 2.29. The van der Waals surface area contributed by atoms with Gasteiger partial charge in [-0.1, -0.05) is 32.6 Å². The van der Waals surface area contributed by atoms with Gasteiger partial charge >= 0.3 is 0 Å². The third kappa shape index (κ3) is 3.94. The minimum absolute atomic E-state index is 0.134. The van der Waals surface area contributed by atoms with Gasteiger partial charge in [-0.2, -0.15) is 0 Å². The monoisotopic (exact) mass is 241 g/mol. The van der Waals surface area contributed by atoms with Crippen molar-refractivity contribution in [3.63, 3.8) is 0 Å². The molecule has 1 N–H and O–H groups in total. The average molecular weight is 241 g/mol. The molecule has 17 heavy (non-hydrogen) atoms. The van der Waals surface area contributed by atoms with Crippen LogP contribution in [0.15, 0.2) is 0 Å². The molecule has 0 aromatic carbocycles. The van der Waals surface area contributed by atoms with Crippen LogP contribution in [0.2, 0.25) is 0 Å². The quantitative estimate of drug-likeness (QED) is 0.799. The standard InChI is InChI=1S/C14H27NO2/c1-2-13-11-17-8-7-15(13)10-14(16)9-12-5-3-4-6-12/h12-14,16H,2-11H2,1H3. The third-order valence-corrected chi connectivity index (χ3v) is 4.35. The minimum Gasteiger partial charge on any atom is -0.392 e. The second kappa shape index (κ2) is 6.72. The van der Waals surface area contributed by atoms with E-state index < -0.39 is 0 Å². The lowest BCUT2D eigenvalue weighted by Gasteiger charge is -2.36. The maximum Gasteiger partial charge on any atom is 0.0669 e. The lowest BCUT2D eigenvalue weighted by molar-refractivity contribution is -0.0302. The Kier molecular flexibility index (Phi) is 5.26. The number of nitrogens with zero attached hydrogens (tertiary/aromatic N) is 1. The van der Waals surface area contributed by atoms with E-state index in [-0.39, 0.29) is 6.10 Å². The topological polar surface area (TPSA) is 32.7 Å². The maximum atomic E-state index is 10.2. The summed E-state index contributed by atoms with van der Waals surface area (Å²) in [7, 11) is 0. The Bertz CT molecular complexity index is 216. The van der Waals surface area contributed by atoms with Gasteiger partial charge in [-0.15, -0.1) is 0 Å². The van der Waals surface area contributed by atoms with Crippen LogP contribution in [-0.2, 0) is 4.74 Å². The van der Waals surface area contributed by atoms with Gasteiger partial charge in [-0.3, -0.25) is 4.90 Å². The normalized spacial score (nSPS) is 29.6. The number of ether oxygens (including phenoxy) is 1. The molecule has 0 amide bonds. The van der Waals surface area contributed by atoms with E-state index in [9.17, 15) is 5.11 Å². The zero-order valence-electron chi connectivity index (χ0n) is 11.1. The van der Waals surface area contributed by atoms with Gasteiger partial charge in [0.15, 0.2) is 0 Å². The lowest BCUT2D eigenvalue weighted by Crippen LogP contribution is -2.48. The van der Waals surface area contributed by atoms with Gasteiger partial charge in [0, 0.05) is 19.1 Å². The highest BCUT2D eigenvalue weighted by Gasteiger charge is 2.25. The highest BCUT2D eigenvalue weighted by atomic mass is 16.5. The van der Waals surface area contributed by atoms with Crippen molar-refractivity contribution >= 4 is 0 Å². The number of aliphatic hydroxyl groups excluding tert-OH is 1. The fourth-order valence-corrected chi connectivity index (χ4v) is 3.28. The van der Waals surface area contributed by atoms with Crippen LogP contribution in [0.1, 0.15) is 45.4 Å². The summed E-state index contributed by atoms with van der Waals surface area (Å²) in [5, 5.41) is 10.2. The fraction of sp³-hybridized carbons (Fsp3) is 1.00. The van der Waals surface area contributed by atoms with Crippen molar-refractivity contribution in [1.29, 1.82) is 0 Å². The van der Waals surface area contributed by atoms with E-state index in [1.165, 1.54) is 25.7 Å². The van der Waals surface area contributed by atoms with E-state index in [4.69, 9.17) is 4.74 Å². The van der Waals surface area contributed by atoms with Crippen LogP contribution in [0.4, 0.5) is 0 Å². The molecule has 1 saturated carbocycles. The molecule has 1 aliphatic carbocycles. The largest absolute Gasteiger partial charge is 0.392 e. The van der Waals surface area contributed by atoms with E-state index in [0.717, 1.165) is 45.1 Å². The zero-order chi connectivity index (χ0) is 12.1. The first-order valence-electron chi connectivity index (χ1n) is 7.29. The Morgan fingerprint density at radius 1 is 1.35 bits per heavy atom. The molecule has 1 heterocycles. The molecule has 2 atom stereocenters. The number of β-amino-alcohol motifs (C(OH)–C–C–N with tert-alkyl or cyclic N) is 1. The Morgan fingerprint density at radius 3 is 2.82 bits per heavy atom. The van der Waals surface area contributed by atoms with Crippen LogP contribution in [0, 0.1) is 5.92 Å². The third-order valence-electron chi connectivity index (χ3n) is 4.35. The first kappa shape index (κ1) is 13.3. The van der Waals surface area contributed by atoms with E-state index in [1.807, 2.05) is 0 Å². The van der Waals surface area contributed by atoms with Crippen LogP contribution >= 0.6 is 0 Å². The molecule has 0 aromatic rings. The number of aliphatic hydroxyl groups is 1. The van der Waals surface area contributed by atoms with E-state index >= 15 is 0 Å². The van der Waals surface area contributed by atoms with Crippen LogP contribution in [0.3, 0.4) is 0 Å². The van der Waals surface area contributed by atoms with Crippen molar-refractivity contribution in [1.82, 2.24) is 4.90 Å². The van der Waals surface area contributed by atoms with Crippen molar-refractivity contribution in [3.05, 3.63) is 0 Å². The summed E-state index contributed by atoms with van der Waals surface area (Å²) < 4.78 is 5.49. The van der Waals surface area contributed by atoms with Gasteiger partial charge in [0.1, 0.15) is 0 Å². The zero-order valence-corrected chi connectivity index (χ0v) is 11.1. The number of hydrogen-bond acceptors (Lipinski definition) is 3. The van der Waals surface area contributed by atoms with Crippen LogP contribution < -0.4 is 0 Å². The van der Waals surface area contributed by atoms with Gasteiger partial charge in [0.2, 0.25) is 0 Å². The van der Waals surface area contributed by atoms with Crippen LogP contribution in [0.25, 0.3) is 0 Å². The molecule has 0 bridgehead atoms. The molecule has 3 heteroatoms. The van der Waals surface area contributed by atoms with E-state index in [1.54, 1.807) is 0 Å². The molecule has 0 spiro atoms. The average Bonchev–Trinajstić information content (AvgIpc) is 2.82. The van der Waals surface area contributed by atoms with Gasteiger partial charge < -0.3 is 9.84 Å². The first-order valence-corrected chi connectivity index (χ1v) is 7.29. The fourth-order valence-electron chi connectivity index (χ4n) is 3.28. The summed E-state index contributed by atoms with van der Waals surface area (Å²) in [6, 6.07) is 0.516. The van der Waals surface area contributed by atoms with Gasteiger partial charge in [-0.25, -0.2) is 0 Å². The van der Waals surface area contributed by atoms with Crippen LogP contribution in [-0.4, -0.2) is 48.5 Å². The number of rotatable bonds is 5. The number of hydrogen-bond donors (Lipinski definition) is 1. The van der Waals surface area contributed by atoms with Crippen molar-refractivity contribution in [2.75, 3.05) is 26.3 Å². The molecule has 2 unspecified atom stereocenters. The molecule has 0 radical (unpaired) electrons. The Hall–Kier alpha value is -0.120. The molecular formula is C14H27NO2. The van der Waals surface area contributed by atoms with Crippen LogP contribution in [0.5, 0.6) is 0 Å². The predicted octanol–water partition coefficient (Wildman–Crippen LogP) is 2.04. The summed E-state index contributed by atoms with van der Waals surface area (Å²) in [4.78, 5) is 2.42. The summed E-state index contributed by atoms with van der Waals surface area (Å²) in [6.45, 7) is 5.70. The summed E-state index contributed by atoms with van der Waals surface area (Å²) >= 11 is 0. The SMILES string of the molecule is CCC1COCCN1CC(O)CC1CCCC1. The van der Waals surface area contributed by atoms with Crippen molar-refractivity contribution < 1.29 is 9.84 Å². The van der Waals surface area contributed by atoms with E-state index in [2.05, 4.69) is 11.8 Å². The molecule has 2 fully saturated rings. The molecule has 2 aliphatic rings. The van der Waals surface area contributed by atoms with Crippen molar-refractivity contribution in [2.24, 2.45) is 5.92 Å². The molecule has 3 nitrogen and oxygen atoms in total. The molecule has 100 valence electrons. The smallest absolute Gasteiger partial charge is 0.0669 e. The van der Waals surface area contributed by atoms with E-state index in [0.29, 0.717) is 6.04 Å². The van der Waals surface area contributed by atoms with Crippen molar-refractivity contribution in [2.45, 2.75) is 57.6 Å². The van der Waals surface area contributed by atoms with Gasteiger partial charge in [0.05, 0.1) is 19.3 Å². The lowest BCUT2D eigenvalue weighted by atomic mass is 9.99. The summed E-state index contributed by atoms with van der Waals surface area (Å²) in [5.41, 5.74) is 0. The number of morpholine rings is 1. The molecule has 1 aliphatic heterocycles. The summed E-state index contributed by atoms with van der Waals surface area (Å²) in [5.74, 6) is 0.783. The highest BCUT2D eigenvalue weighted by molar-refractivity contribution is 4.78.